The number of hydrogen-bond acceptors (Lipinski definition) is 6. The molecule has 1 fully saturated rings. The lowest BCUT2D eigenvalue weighted by Crippen LogP contribution is -2.38. The lowest BCUT2D eigenvalue weighted by atomic mass is 10.1. The van der Waals surface area contributed by atoms with Crippen LogP contribution in [0.5, 0.6) is 0 Å². The zero-order valence-electron chi connectivity index (χ0n) is 14.6. The minimum Gasteiger partial charge on any atom is -0.452 e. The first kappa shape index (κ1) is 18.9. The molecular weight excluding hydrogens is 368 g/mol. The standard InChI is InChI=1S/C19H20N2O5S/c22-18(21-15-10-11-27(24,25)13-15)12-26-19(23)16-8-4-5-9-17(16)20-14-6-2-1-3-7-14/h1-9,15,20H,10-13H2,(H,21,22)/t15-/m0/s1. The monoisotopic (exact) mass is 388 g/mol. The number of anilines is 2. The Hall–Kier alpha value is -2.87. The Bertz CT molecular complexity index is 928. The van der Waals surface area contributed by atoms with E-state index in [0.29, 0.717) is 17.7 Å². The zero-order valence-corrected chi connectivity index (χ0v) is 15.4. The number of nitrogens with one attached hydrogen (secondary N) is 2. The van der Waals surface area contributed by atoms with Crippen LogP contribution in [0.3, 0.4) is 0 Å². The van der Waals surface area contributed by atoms with E-state index in [0.717, 1.165) is 5.69 Å². The van der Waals surface area contributed by atoms with Gasteiger partial charge in [0.15, 0.2) is 16.4 Å². The fourth-order valence-electron chi connectivity index (χ4n) is 2.83. The summed E-state index contributed by atoms with van der Waals surface area (Å²) in [5.74, 6) is -1.16. The van der Waals surface area contributed by atoms with Gasteiger partial charge < -0.3 is 15.4 Å². The zero-order chi connectivity index (χ0) is 19.3. The molecule has 0 radical (unpaired) electrons. The normalized spacial score (nSPS) is 17.9. The van der Waals surface area contributed by atoms with Crippen molar-refractivity contribution in [2.45, 2.75) is 12.5 Å². The van der Waals surface area contributed by atoms with Crippen molar-refractivity contribution in [3.8, 4) is 0 Å². The largest absolute Gasteiger partial charge is 0.452 e. The summed E-state index contributed by atoms with van der Waals surface area (Å²) in [7, 11) is -3.08. The van der Waals surface area contributed by atoms with E-state index in [1.165, 1.54) is 0 Å². The molecule has 2 aromatic rings. The number of hydrogen-bond donors (Lipinski definition) is 2. The van der Waals surface area contributed by atoms with Crippen LogP contribution in [0.4, 0.5) is 11.4 Å². The summed E-state index contributed by atoms with van der Waals surface area (Å²) in [4.78, 5) is 24.3. The van der Waals surface area contributed by atoms with Gasteiger partial charge in [-0.1, -0.05) is 30.3 Å². The van der Waals surface area contributed by atoms with Gasteiger partial charge >= 0.3 is 5.97 Å². The van der Waals surface area contributed by atoms with Crippen molar-refractivity contribution in [1.82, 2.24) is 5.32 Å². The number of carbonyl (C=O) groups is 2. The van der Waals surface area contributed by atoms with Crippen LogP contribution in [-0.2, 0) is 19.4 Å². The topological polar surface area (TPSA) is 102 Å². The molecule has 1 saturated heterocycles. The first-order chi connectivity index (χ1) is 12.9. The molecule has 1 aliphatic rings. The summed E-state index contributed by atoms with van der Waals surface area (Å²) in [5, 5.41) is 5.73. The fourth-order valence-corrected chi connectivity index (χ4v) is 4.51. The summed E-state index contributed by atoms with van der Waals surface area (Å²) >= 11 is 0. The summed E-state index contributed by atoms with van der Waals surface area (Å²) < 4.78 is 27.9. The molecule has 3 rings (SSSR count). The second-order valence-electron chi connectivity index (χ2n) is 6.28. The van der Waals surface area contributed by atoms with Gasteiger partial charge in [-0.05, 0) is 30.7 Å². The highest BCUT2D eigenvalue weighted by Crippen LogP contribution is 2.21. The molecular formula is C19H20N2O5S. The second-order valence-corrected chi connectivity index (χ2v) is 8.51. The van der Waals surface area contributed by atoms with E-state index in [1.54, 1.807) is 24.3 Å². The molecule has 1 amide bonds. The molecule has 8 heteroatoms. The molecule has 2 N–H and O–H groups in total. The third kappa shape index (κ3) is 5.30. The molecule has 0 spiro atoms. The van der Waals surface area contributed by atoms with Gasteiger partial charge in [0.2, 0.25) is 0 Å². The van der Waals surface area contributed by atoms with Gasteiger partial charge in [-0.2, -0.15) is 0 Å². The molecule has 27 heavy (non-hydrogen) atoms. The maximum Gasteiger partial charge on any atom is 0.340 e. The predicted octanol–water partition coefficient (Wildman–Crippen LogP) is 1.89. The van der Waals surface area contributed by atoms with Gasteiger partial charge in [0.1, 0.15) is 0 Å². The summed E-state index contributed by atoms with van der Waals surface area (Å²) in [6, 6.07) is 15.8. The molecule has 0 aliphatic carbocycles. The molecule has 0 saturated carbocycles. The van der Waals surface area contributed by atoms with Crippen LogP contribution in [0, 0.1) is 0 Å². The van der Waals surface area contributed by atoms with Crippen molar-refractivity contribution in [3.63, 3.8) is 0 Å². The number of benzene rings is 2. The van der Waals surface area contributed by atoms with Crippen LogP contribution < -0.4 is 10.6 Å². The second kappa shape index (κ2) is 8.22. The van der Waals surface area contributed by atoms with Gasteiger partial charge in [-0.15, -0.1) is 0 Å². The first-order valence-corrected chi connectivity index (χ1v) is 10.3. The number of para-hydroxylation sites is 2. The average Bonchev–Trinajstić information content (AvgIpc) is 2.99. The van der Waals surface area contributed by atoms with Crippen LogP contribution >= 0.6 is 0 Å². The van der Waals surface area contributed by atoms with Gasteiger partial charge in [0, 0.05) is 11.7 Å². The van der Waals surface area contributed by atoms with Crippen LogP contribution in [0.2, 0.25) is 0 Å². The lowest BCUT2D eigenvalue weighted by Gasteiger charge is -2.13. The molecule has 0 unspecified atom stereocenters. The van der Waals surface area contributed by atoms with Gasteiger partial charge in [-0.3, -0.25) is 4.79 Å². The smallest absolute Gasteiger partial charge is 0.340 e. The number of amides is 1. The molecule has 7 nitrogen and oxygen atoms in total. The SMILES string of the molecule is O=C(COC(=O)c1ccccc1Nc1ccccc1)N[C@H]1CCS(=O)(=O)C1. The quantitative estimate of drug-likeness (QED) is 0.733. The van der Waals surface area contributed by atoms with Crippen LogP contribution in [0.1, 0.15) is 16.8 Å². The number of rotatable bonds is 6. The van der Waals surface area contributed by atoms with Crippen molar-refractivity contribution in [2.75, 3.05) is 23.4 Å². The third-order valence-electron chi connectivity index (χ3n) is 4.13. The first-order valence-electron chi connectivity index (χ1n) is 8.51. The Morgan fingerprint density at radius 1 is 1.04 bits per heavy atom. The Balaban J connectivity index is 1.57. The minimum absolute atomic E-state index is 0.0657. The van der Waals surface area contributed by atoms with Gasteiger partial charge in [-0.25, -0.2) is 13.2 Å². The number of carbonyl (C=O) groups excluding carboxylic acids is 2. The maximum absolute atomic E-state index is 12.4. The Morgan fingerprint density at radius 2 is 1.74 bits per heavy atom. The molecule has 0 bridgehead atoms. The Kier molecular flexibility index (Phi) is 5.75. The number of ether oxygens (including phenoxy) is 1. The Labute approximate surface area is 157 Å². The van der Waals surface area contributed by atoms with E-state index in [-0.39, 0.29) is 11.5 Å². The number of sulfone groups is 1. The van der Waals surface area contributed by atoms with E-state index in [2.05, 4.69) is 10.6 Å². The molecule has 2 aromatic carbocycles. The minimum atomic E-state index is -3.08. The molecule has 142 valence electrons. The van der Waals surface area contributed by atoms with Crippen LogP contribution in [0.25, 0.3) is 0 Å². The molecule has 1 atom stereocenters. The predicted molar refractivity (Wildman–Crippen MR) is 102 cm³/mol. The number of esters is 1. The highest BCUT2D eigenvalue weighted by molar-refractivity contribution is 7.91. The maximum atomic E-state index is 12.4. The van der Waals surface area contributed by atoms with E-state index in [1.807, 2.05) is 30.3 Å². The Morgan fingerprint density at radius 3 is 2.44 bits per heavy atom. The van der Waals surface area contributed by atoms with Crippen molar-refractivity contribution >= 4 is 33.1 Å². The van der Waals surface area contributed by atoms with E-state index >= 15 is 0 Å². The fraction of sp³-hybridized carbons (Fsp3) is 0.263. The summed E-state index contributed by atoms with van der Waals surface area (Å²) in [5.41, 5.74) is 1.69. The highest BCUT2D eigenvalue weighted by atomic mass is 32.2. The third-order valence-corrected chi connectivity index (χ3v) is 5.90. The van der Waals surface area contributed by atoms with Crippen molar-refractivity contribution in [1.29, 1.82) is 0 Å². The summed E-state index contributed by atoms with van der Waals surface area (Å²) in [6.45, 7) is -0.463. The highest BCUT2D eigenvalue weighted by Gasteiger charge is 2.29. The van der Waals surface area contributed by atoms with Crippen molar-refractivity contribution in [3.05, 3.63) is 60.2 Å². The van der Waals surface area contributed by atoms with Crippen molar-refractivity contribution in [2.24, 2.45) is 0 Å². The molecule has 1 heterocycles. The van der Waals surface area contributed by atoms with E-state index in [4.69, 9.17) is 4.74 Å². The molecule has 0 aromatic heterocycles. The van der Waals surface area contributed by atoms with Crippen LogP contribution in [0.15, 0.2) is 54.6 Å². The van der Waals surface area contributed by atoms with Crippen molar-refractivity contribution < 1.29 is 22.7 Å². The van der Waals surface area contributed by atoms with E-state index in [9.17, 15) is 18.0 Å². The van der Waals surface area contributed by atoms with Gasteiger partial charge in [0.25, 0.3) is 5.91 Å². The van der Waals surface area contributed by atoms with Gasteiger partial charge in [0.05, 0.1) is 22.8 Å². The lowest BCUT2D eigenvalue weighted by molar-refractivity contribution is -0.124. The average molecular weight is 388 g/mol. The van der Waals surface area contributed by atoms with Crippen LogP contribution in [-0.4, -0.2) is 44.4 Å². The summed E-state index contributed by atoms with van der Waals surface area (Å²) in [6.07, 6.45) is 0.381. The molecule has 1 aliphatic heterocycles. The van der Waals surface area contributed by atoms with E-state index < -0.39 is 34.4 Å².